The van der Waals surface area contributed by atoms with Gasteiger partial charge in [0, 0.05) is 38.3 Å². The number of nitrogens with one attached hydrogen (secondary N) is 1. The largest absolute Gasteiger partial charge is 0.491 e. The second-order valence-corrected chi connectivity index (χ2v) is 8.84. The number of nitrogens with zero attached hydrogens (tertiary/aromatic N) is 4. The lowest BCUT2D eigenvalue weighted by molar-refractivity contribution is 0.0383. The number of nitriles is 1. The first-order valence-electron chi connectivity index (χ1n) is 11.5. The lowest BCUT2D eigenvalue weighted by Crippen LogP contribution is -2.41. The van der Waals surface area contributed by atoms with Gasteiger partial charge in [0.25, 0.3) is 5.91 Å². The van der Waals surface area contributed by atoms with E-state index < -0.39 is 0 Å². The summed E-state index contributed by atoms with van der Waals surface area (Å²) in [6.07, 6.45) is 0. The Labute approximate surface area is 200 Å². The molecule has 3 rings (SSSR count). The normalized spacial score (nSPS) is 14.3. The zero-order valence-corrected chi connectivity index (χ0v) is 20.5. The van der Waals surface area contributed by atoms with Crippen LogP contribution in [-0.4, -0.2) is 86.3 Å². The number of ether oxygens (including phenoxy) is 2. The summed E-state index contributed by atoms with van der Waals surface area (Å²) < 4.78 is 11.2. The number of carbonyl (C=O) groups excluding carboxylic acids is 1. The molecule has 1 aliphatic heterocycles. The first-order chi connectivity index (χ1) is 16.0. The van der Waals surface area contributed by atoms with E-state index in [1.54, 1.807) is 6.07 Å². The molecule has 1 fully saturated rings. The maximum Gasteiger partial charge on any atom is 0.263 e. The van der Waals surface area contributed by atoms with Gasteiger partial charge in [-0.2, -0.15) is 5.26 Å². The number of hydrogen-bond donors (Lipinski definition) is 1. The van der Waals surface area contributed by atoms with Crippen molar-refractivity contribution in [2.75, 3.05) is 65.6 Å². The molecule has 0 saturated carbocycles. The Hall–Kier alpha value is -2.51. The predicted molar refractivity (Wildman–Crippen MR) is 130 cm³/mol. The second-order valence-electron chi connectivity index (χ2n) is 7.84. The van der Waals surface area contributed by atoms with E-state index in [4.69, 9.17) is 9.47 Å². The van der Waals surface area contributed by atoms with Crippen molar-refractivity contribution in [3.8, 4) is 22.4 Å². The number of aryl methyl sites for hydroxylation is 1. The van der Waals surface area contributed by atoms with Crippen LogP contribution in [0, 0.1) is 18.3 Å². The van der Waals surface area contributed by atoms with Gasteiger partial charge >= 0.3 is 0 Å². The zero-order valence-electron chi connectivity index (χ0n) is 19.7. The average Bonchev–Trinajstić information content (AvgIpc) is 3.24. The fourth-order valence-electron chi connectivity index (χ4n) is 3.66. The van der Waals surface area contributed by atoms with Gasteiger partial charge in [0.05, 0.1) is 24.5 Å². The maximum atomic E-state index is 12.7. The lowest BCUT2D eigenvalue weighted by atomic mass is 10.1. The van der Waals surface area contributed by atoms with Crippen molar-refractivity contribution in [2.24, 2.45) is 0 Å². The monoisotopic (exact) mass is 471 g/mol. The van der Waals surface area contributed by atoms with Crippen molar-refractivity contribution >= 4 is 17.2 Å². The van der Waals surface area contributed by atoms with Crippen LogP contribution in [0.25, 0.3) is 10.6 Å². The number of likely N-dealkylation sites (N-methyl/N-ethyl adjacent to an activating group) is 1. The first kappa shape index (κ1) is 25.1. The second kappa shape index (κ2) is 12.7. The lowest BCUT2D eigenvalue weighted by Gasteiger charge is -2.26. The van der Waals surface area contributed by atoms with E-state index in [-0.39, 0.29) is 5.91 Å². The molecule has 0 radical (unpaired) electrons. The molecule has 1 aliphatic rings. The Morgan fingerprint density at radius 2 is 2.09 bits per heavy atom. The van der Waals surface area contributed by atoms with Gasteiger partial charge in [-0.3, -0.25) is 9.69 Å². The third-order valence-electron chi connectivity index (χ3n) is 5.73. The van der Waals surface area contributed by atoms with Gasteiger partial charge in [-0.15, -0.1) is 11.3 Å². The number of amides is 1. The number of morpholine rings is 1. The van der Waals surface area contributed by atoms with Crippen LogP contribution in [0.2, 0.25) is 0 Å². The highest BCUT2D eigenvalue weighted by Crippen LogP contribution is 2.31. The minimum absolute atomic E-state index is 0.110. The number of benzene rings is 1. The molecule has 0 atom stereocenters. The van der Waals surface area contributed by atoms with E-state index in [9.17, 15) is 10.1 Å². The highest BCUT2D eigenvalue weighted by atomic mass is 32.1. The van der Waals surface area contributed by atoms with Crippen molar-refractivity contribution in [1.82, 2.24) is 20.1 Å². The number of thiazole rings is 1. The van der Waals surface area contributed by atoms with E-state index >= 15 is 0 Å². The molecule has 0 bridgehead atoms. The fourth-order valence-corrected chi connectivity index (χ4v) is 4.64. The van der Waals surface area contributed by atoms with Crippen LogP contribution in [0.4, 0.5) is 0 Å². The molecule has 33 heavy (non-hydrogen) atoms. The molecule has 1 aromatic heterocycles. The average molecular weight is 472 g/mol. The van der Waals surface area contributed by atoms with Gasteiger partial charge < -0.3 is 19.7 Å². The molecule has 2 aromatic rings. The number of rotatable bonds is 11. The Morgan fingerprint density at radius 3 is 2.79 bits per heavy atom. The van der Waals surface area contributed by atoms with Crippen LogP contribution in [0.3, 0.4) is 0 Å². The molecule has 0 aliphatic carbocycles. The number of carbonyl (C=O) groups is 1. The van der Waals surface area contributed by atoms with E-state index in [2.05, 4.69) is 40.0 Å². The van der Waals surface area contributed by atoms with Gasteiger partial charge in [0.2, 0.25) is 0 Å². The van der Waals surface area contributed by atoms with Crippen LogP contribution in [0.5, 0.6) is 5.75 Å². The quantitative estimate of drug-likeness (QED) is 0.539. The molecule has 0 unspecified atom stereocenters. The third-order valence-corrected chi connectivity index (χ3v) is 6.93. The highest BCUT2D eigenvalue weighted by molar-refractivity contribution is 7.17. The predicted octanol–water partition coefficient (Wildman–Crippen LogP) is 2.77. The highest BCUT2D eigenvalue weighted by Gasteiger charge is 2.18. The standard InChI is InChI=1S/C24H33N5O3S/c1-4-28(5-2)12-15-32-21-7-6-19(16-20(21)17-25)24-27-18(3)22(33-24)23(30)26-8-9-29-10-13-31-14-11-29/h6-7,16H,4-5,8-15H2,1-3H3,(H,26,30). The van der Waals surface area contributed by atoms with Crippen molar-refractivity contribution in [3.63, 3.8) is 0 Å². The molecular formula is C24H33N5O3S. The van der Waals surface area contributed by atoms with Crippen LogP contribution in [0.15, 0.2) is 18.2 Å². The fraction of sp³-hybridized carbons (Fsp3) is 0.542. The molecule has 1 amide bonds. The van der Waals surface area contributed by atoms with Crippen molar-refractivity contribution in [3.05, 3.63) is 34.3 Å². The minimum atomic E-state index is -0.110. The van der Waals surface area contributed by atoms with Crippen LogP contribution < -0.4 is 10.1 Å². The van der Waals surface area contributed by atoms with Gasteiger partial charge in [-0.1, -0.05) is 13.8 Å². The van der Waals surface area contributed by atoms with Crippen molar-refractivity contribution < 1.29 is 14.3 Å². The smallest absolute Gasteiger partial charge is 0.263 e. The first-order valence-corrected chi connectivity index (χ1v) is 12.3. The van der Waals surface area contributed by atoms with Gasteiger partial charge in [0.1, 0.15) is 28.3 Å². The molecule has 178 valence electrons. The minimum Gasteiger partial charge on any atom is -0.491 e. The number of hydrogen-bond acceptors (Lipinski definition) is 8. The molecule has 0 spiro atoms. The van der Waals surface area contributed by atoms with E-state index in [0.29, 0.717) is 35.0 Å². The molecule has 8 nitrogen and oxygen atoms in total. The van der Waals surface area contributed by atoms with Crippen molar-refractivity contribution in [1.29, 1.82) is 5.26 Å². The summed E-state index contributed by atoms with van der Waals surface area (Å²) in [6, 6.07) is 7.71. The number of aromatic nitrogens is 1. The van der Waals surface area contributed by atoms with E-state index in [0.717, 1.165) is 63.1 Å². The van der Waals surface area contributed by atoms with Crippen LogP contribution in [0.1, 0.15) is 34.8 Å². The molecule has 1 saturated heterocycles. The summed E-state index contributed by atoms with van der Waals surface area (Å²) in [7, 11) is 0. The van der Waals surface area contributed by atoms with Gasteiger partial charge in [-0.05, 0) is 38.2 Å². The topological polar surface area (TPSA) is 90.7 Å². The summed E-state index contributed by atoms with van der Waals surface area (Å²) in [5.74, 6) is 0.462. The summed E-state index contributed by atoms with van der Waals surface area (Å²) in [5.41, 5.74) is 1.97. The Morgan fingerprint density at radius 1 is 1.33 bits per heavy atom. The summed E-state index contributed by atoms with van der Waals surface area (Å²) >= 11 is 1.35. The Balaban J connectivity index is 1.61. The molecule has 2 heterocycles. The SMILES string of the molecule is CCN(CC)CCOc1ccc(-c2nc(C)c(C(=O)NCCN3CCOCC3)s2)cc1C#N. The van der Waals surface area contributed by atoms with Crippen LogP contribution >= 0.6 is 11.3 Å². The summed E-state index contributed by atoms with van der Waals surface area (Å²) in [6.45, 7) is 14.0. The molecule has 1 aromatic carbocycles. The zero-order chi connectivity index (χ0) is 23.6. The Kier molecular flexibility index (Phi) is 9.63. The Bertz CT molecular complexity index is 961. The van der Waals surface area contributed by atoms with Gasteiger partial charge in [-0.25, -0.2) is 4.98 Å². The van der Waals surface area contributed by atoms with Crippen molar-refractivity contribution in [2.45, 2.75) is 20.8 Å². The maximum absolute atomic E-state index is 12.7. The van der Waals surface area contributed by atoms with Gasteiger partial charge in [0.15, 0.2) is 0 Å². The molecular weight excluding hydrogens is 438 g/mol. The molecule has 1 N–H and O–H groups in total. The third kappa shape index (κ3) is 6.98. The molecule has 9 heteroatoms. The van der Waals surface area contributed by atoms with E-state index in [1.807, 2.05) is 19.1 Å². The van der Waals surface area contributed by atoms with E-state index in [1.165, 1.54) is 11.3 Å². The summed E-state index contributed by atoms with van der Waals surface area (Å²) in [4.78, 5) is 22.4. The van der Waals surface area contributed by atoms with Crippen LogP contribution in [-0.2, 0) is 4.74 Å². The summed E-state index contributed by atoms with van der Waals surface area (Å²) in [5, 5.41) is 13.3.